The summed E-state index contributed by atoms with van der Waals surface area (Å²) in [5.74, 6) is -1.15. The second-order valence-corrected chi connectivity index (χ2v) is 5.59. The van der Waals surface area contributed by atoms with Crippen molar-refractivity contribution in [3.63, 3.8) is 0 Å². The standard InChI is InChI=1S/C15H18F4N2O2/c16-12-4-2-1-3-11(12)14(23)20-10-5-7-21(8-6-10)9-13(22)15(17,18)19/h1-4,10,13,22H,5-9H2,(H,20,23)/t13-/m1/s1. The van der Waals surface area contributed by atoms with Crippen LogP contribution in [0.3, 0.4) is 0 Å². The topological polar surface area (TPSA) is 52.6 Å². The van der Waals surface area contributed by atoms with E-state index in [-0.39, 0.29) is 11.6 Å². The molecule has 1 heterocycles. The Kier molecular flexibility index (Phi) is 5.59. The van der Waals surface area contributed by atoms with E-state index in [9.17, 15) is 22.4 Å². The van der Waals surface area contributed by atoms with Crippen LogP contribution >= 0.6 is 0 Å². The van der Waals surface area contributed by atoms with Crippen molar-refractivity contribution < 1.29 is 27.5 Å². The van der Waals surface area contributed by atoms with E-state index in [4.69, 9.17) is 5.11 Å². The molecule has 128 valence electrons. The first-order valence-corrected chi connectivity index (χ1v) is 7.30. The highest BCUT2D eigenvalue weighted by Gasteiger charge is 2.39. The van der Waals surface area contributed by atoms with Crippen LogP contribution in [0.5, 0.6) is 0 Å². The Balaban J connectivity index is 1.81. The molecule has 0 spiro atoms. The quantitative estimate of drug-likeness (QED) is 0.828. The van der Waals surface area contributed by atoms with Gasteiger partial charge in [-0.2, -0.15) is 13.2 Å². The van der Waals surface area contributed by atoms with Crippen LogP contribution < -0.4 is 5.32 Å². The van der Waals surface area contributed by atoms with Gasteiger partial charge in [0.15, 0.2) is 6.10 Å². The van der Waals surface area contributed by atoms with Gasteiger partial charge in [-0.25, -0.2) is 4.39 Å². The van der Waals surface area contributed by atoms with Gasteiger partial charge in [0, 0.05) is 25.7 Å². The molecule has 1 saturated heterocycles. The summed E-state index contributed by atoms with van der Waals surface area (Å²) in [5, 5.41) is 11.7. The Morgan fingerprint density at radius 1 is 1.30 bits per heavy atom. The number of carbonyl (C=O) groups is 1. The third-order valence-corrected chi connectivity index (χ3v) is 3.85. The number of amides is 1. The third kappa shape index (κ3) is 4.90. The van der Waals surface area contributed by atoms with Crippen LogP contribution in [0, 0.1) is 5.82 Å². The summed E-state index contributed by atoms with van der Waals surface area (Å²) in [6.07, 6.45) is -6.10. The molecule has 1 aliphatic heterocycles. The minimum absolute atomic E-state index is 0.0533. The fourth-order valence-corrected chi connectivity index (χ4v) is 2.52. The van der Waals surface area contributed by atoms with E-state index in [1.54, 1.807) is 6.07 Å². The molecule has 8 heteroatoms. The number of nitrogens with one attached hydrogen (secondary N) is 1. The van der Waals surface area contributed by atoms with E-state index in [1.165, 1.54) is 23.1 Å². The zero-order valence-corrected chi connectivity index (χ0v) is 12.3. The summed E-state index contributed by atoms with van der Waals surface area (Å²) < 4.78 is 50.4. The molecule has 1 aliphatic rings. The average Bonchev–Trinajstić information content (AvgIpc) is 2.48. The zero-order valence-electron chi connectivity index (χ0n) is 12.3. The number of β-amino-alcohol motifs (C(OH)–C–C–N with tert-alkyl or cyclic N) is 1. The van der Waals surface area contributed by atoms with E-state index < -0.39 is 30.5 Å². The summed E-state index contributed by atoms with van der Waals surface area (Å²) in [6, 6.07) is 5.38. The maximum atomic E-state index is 13.5. The van der Waals surface area contributed by atoms with E-state index in [0.29, 0.717) is 25.9 Å². The smallest absolute Gasteiger partial charge is 0.382 e. The normalized spacial score (nSPS) is 18.7. The zero-order chi connectivity index (χ0) is 17.0. The molecule has 0 unspecified atom stereocenters. The first-order chi connectivity index (χ1) is 10.8. The van der Waals surface area contributed by atoms with Crippen LogP contribution in [0.15, 0.2) is 24.3 Å². The van der Waals surface area contributed by atoms with E-state index in [1.807, 2.05) is 0 Å². The molecule has 0 aliphatic carbocycles. The predicted molar refractivity (Wildman–Crippen MR) is 75.4 cm³/mol. The molecule has 1 amide bonds. The molecular weight excluding hydrogens is 316 g/mol. The van der Waals surface area contributed by atoms with Gasteiger partial charge in [-0.05, 0) is 25.0 Å². The van der Waals surface area contributed by atoms with Crippen molar-refractivity contribution in [1.29, 1.82) is 0 Å². The highest BCUT2D eigenvalue weighted by atomic mass is 19.4. The summed E-state index contributed by atoms with van der Waals surface area (Å²) >= 11 is 0. The van der Waals surface area contributed by atoms with Crippen molar-refractivity contribution in [1.82, 2.24) is 10.2 Å². The summed E-state index contributed by atoms with van der Waals surface area (Å²) in [7, 11) is 0. The highest BCUT2D eigenvalue weighted by Crippen LogP contribution is 2.22. The predicted octanol–water partition coefficient (Wildman–Crippen LogP) is 1.94. The largest absolute Gasteiger partial charge is 0.415 e. The van der Waals surface area contributed by atoms with Crippen LogP contribution in [0.2, 0.25) is 0 Å². The first-order valence-electron chi connectivity index (χ1n) is 7.30. The fourth-order valence-electron chi connectivity index (χ4n) is 2.52. The number of likely N-dealkylation sites (tertiary alicyclic amines) is 1. The monoisotopic (exact) mass is 334 g/mol. The number of piperidine rings is 1. The van der Waals surface area contributed by atoms with Crippen LogP contribution in [-0.4, -0.2) is 53.9 Å². The minimum Gasteiger partial charge on any atom is -0.382 e. The van der Waals surface area contributed by atoms with Gasteiger partial charge in [-0.3, -0.25) is 4.79 Å². The second-order valence-electron chi connectivity index (χ2n) is 5.59. The van der Waals surface area contributed by atoms with Crippen molar-refractivity contribution in [3.05, 3.63) is 35.6 Å². The van der Waals surface area contributed by atoms with Crippen molar-refractivity contribution in [2.45, 2.75) is 31.2 Å². The minimum atomic E-state index is -4.63. The molecule has 0 radical (unpaired) electrons. The Hall–Kier alpha value is -1.67. The van der Waals surface area contributed by atoms with E-state index in [0.717, 1.165) is 0 Å². The number of benzene rings is 1. The summed E-state index contributed by atoms with van der Waals surface area (Å²) in [4.78, 5) is 13.5. The van der Waals surface area contributed by atoms with Crippen LogP contribution in [0.4, 0.5) is 17.6 Å². The van der Waals surface area contributed by atoms with Crippen molar-refractivity contribution in [2.75, 3.05) is 19.6 Å². The molecule has 0 bridgehead atoms. The maximum absolute atomic E-state index is 13.5. The summed E-state index contributed by atoms with van der Waals surface area (Å²) in [5.41, 5.74) is -0.0533. The second kappa shape index (κ2) is 7.27. The number of hydrogen-bond acceptors (Lipinski definition) is 3. The SMILES string of the molecule is O=C(NC1CCN(C[C@@H](O)C(F)(F)F)CC1)c1ccccc1F. The lowest BCUT2D eigenvalue weighted by Gasteiger charge is -2.33. The lowest BCUT2D eigenvalue weighted by Crippen LogP contribution is -2.48. The van der Waals surface area contributed by atoms with Crippen LogP contribution in [0.25, 0.3) is 0 Å². The van der Waals surface area contributed by atoms with Gasteiger partial charge in [-0.1, -0.05) is 12.1 Å². The molecule has 1 aromatic carbocycles. The molecule has 1 aromatic rings. The number of halogens is 4. The Bertz CT molecular complexity index is 543. The van der Waals surface area contributed by atoms with Gasteiger partial charge in [0.05, 0.1) is 5.56 Å². The first kappa shape index (κ1) is 17.7. The Labute approximate surface area is 131 Å². The average molecular weight is 334 g/mol. The molecule has 4 nitrogen and oxygen atoms in total. The van der Waals surface area contributed by atoms with Crippen molar-refractivity contribution >= 4 is 5.91 Å². The van der Waals surface area contributed by atoms with E-state index >= 15 is 0 Å². The number of hydrogen-bond donors (Lipinski definition) is 2. The number of alkyl halides is 3. The van der Waals surface area contributed by atoms with Crippen LogP contribution in [0.1, 0.15) is 23.2 Å². The highest BCUT2D eigenvalue weighted by molar-refractivity contribution is 5.94. The van der Waals surface area contributed by atoms with Gasteiger partial charge in [0.1, 0.15) is 5.82 Å². The van der Waals surface area contributed by atoms with Gasteiger partial charge in [-0.15, -0.1) is 0 Å². The molecule has 23 heavy (non-hydrogen) atoms. The number of carbonyl (C=O) groups excluding carboxylic acids is 1. The summed E-state index contributed by atoms with van der Waals surface area (Å²) in [6.45, 7) is 0.183. The molecular formula is C15H18F4N2O2. The van der Waals surface area contributed by atoms with Crippen molar-refractivity contribution in [2.24, 2.45) is 0 Å². The lowest BCUT2D eigenvalue weighted by molar-refractivity contribution is -0.208. The Morgan fingerprint density at radius 2 is 1.91 bits per heavy atom. The number of aliphatic hydroxyl groups is 1. The molecule has 2 N–H and O–H groups in total. The third-order valence-electron chi connectivity index (χ3n) is 3.85. The molecule has 1 fully saturated rings. The Morgan fingerprint density at radius 3 is 2.48 bits per heavy atom. The van der Waals surface area contributed by atoms with E-state index in [2.05, 4.69) is 5.32 Å². The molecule has 1 atom stereocenters. The van der Waals surface area contributed by atoms with Crippen LogP contribution in [-0.2, 0) is 0 Å². The van der Waals surface area contributed by atoms with Gasteiger partial charge in [0.2, 0.25) is 0 Å². The number of aliphatic hydroxyl groups excluding tert-OH is 1. The maximum Gasteiger partial charge on any atom is 0.415 e. The van der Waals surface area contributed by atoms with Gasteiger partial charge < -0.3 is 15.3 Å². The molecule has 0 aromatic heterocycles. The lowest BCUT2D eigenvalue weighted by atomic mass is 10.0. The van der Waals surface area contributed by atoms with Gasteiger partial charge in [0.25, 0.3) is 5.91 Å². The van der Waals surface area contributed by atoms with Crippen molar-refractivity contribution in [3.8, 4) is 0 Å². The number of nitrogens with zero attached hydrogens (tertiary/aromatic N) is 1. The molecule has 2 rings (SSSR count). The molecule has 0 saturated carbocycles. The fraction of sp³-hybridized carbons (Fsp3) is 0.533. The van der Waals surface area contributed by atoms with Gasteiger partial charge >= 0.3 is 6.18 Å². The number of rotatable bonds is 4.